The van der Waals surface area contributed by atoms with Crippen molar-refractivity contribution in [2.75, 3.05) is 4.90 Å². The average molecular weight is 541 g/mol. The molecule has 0 aliphatic carbocycles. The van der Waals surface area contributed by atoms with Crippen molar-refractivity contribution in [2.24, 2.45) is 11.8 Å². The Kier molecular flexibility index (Phi) is 6.04. The summed E-state index contributed by atoms with van der Waals surface area (Å²) in [6, 6.07) is 32.9. The van der Waals surface area contributed by atoms with Crippen LogP contribution in [0.1, 0.15) is 40.0 Å². The van der Waals surface area contributed by atoms with Gasteiger partial charge in [0.2, 0.25) is 11.8 Å². The van der Waals surface area contributed by atoms with Crippen molar-refractivity contribution >= 4 is 29.5 Å². The lowest BCUT2D eigenvalue weighted by atomic mass is 9.84. The Morgan fingerprint density at radius 3 is 1.98 bits per heavy atom. The van der Waals surface area contributed by atoms with Crippen LogP contribution >= 0.6 is 0 Å². The van der Waals surface area contributed by atoms with Gasteiger partial charge in [0, 0.05) is 6.20 Å². The van der Waals surface area contributed by atoms with E-state index in [0.717, 1.165) is 27.8 Å². The number of nitrogens with zero attached hydrogens (tertiary/aromatic N) is 2. The van der Waals surface area contributed by atoms with Gasteiger partial charge in [0.1, 0.15) is 6.04 Å². The summed E-state index contributed by atoms with van der Waals surface area (Å²) in [5.74, 6) is -2.80. The topological polar surface area (TPSA) is 66.9 Å². The third-order valence-corrected chi connectivity index (χ3v) is 8.43. The van der Waals surface area contributed by atoms with Crippen LogP contribution < -0.4 is 4.90 Å². The molecule has 2 amide bonds. The van der Waals surface area contributed by atoms with Crippen LogP contribution in [0.2, 0.25) is 0 Å². The van der Waals surface area contributed by atoms with Gasteiger partial charge < -0.3 is 9.64 Å². The highest BCUT2D eigenvalue weighted by Crippen LogP contribution is 2.53. The molecule has 0 N–H and O–H groups in total. The number of fused-ring (bicyclic) bond motifs is 5. The second-order valence-electron chi connectivity index (χ2n) is 10.8. The van der Waals surface area contributed by atoms with Crippen LogP contribution in [-0.4, -0.2) is 28.7 Å². The molecule has 3 aliphatic heterocycles. The fourth-order valence-corrected chi connectivity index (χ4v) is 6.55. The van der Waals surface area contributed by atoms with Gasteiger partial charge in [0.05, 0.1) is 23.6 Å². The lowest BCUT2D eigenvalue weighted by molar-refractivity contribution is -0.155. The highest BCUT2D eigenvalue weighted by molar-refractivity contribution is 6.23. The maximum atomic E-state index is 14.3. The van der Waals surface area contributed by atoms with Gasteiger partial charge in [-0.2, -0.15) is 0 Å². The normalized spacial score (nSPS) is 22.5. The van der Waals surface area contributed by atoms with E-state index in [1.165, 1.54) is 4.90 Å². The van der Waals surface area contributed by atoms with Gasteiger partial charge in [-0.25, -0.2) is 9.69 Å². The molecule has 0 saturated carbocycles. The standard InChI is InChI=1S/C35H28N2O4/c1-22-16-18-26(19-17-22)37-33(38)28-29(34(37)39)31(36-21-20-23-10-8-9-15-27(23)30(28)36)35(40)41-32(24-11-4-2-5-12-24)25-13-6-3-7-14-25/h2-21,28-32H,1H3/t28-,29+,30?,31-/m0/s1. The molecule has 4 aromatic rings. The number of hydrogen-bond donors (Lipinski definition) is 0. The number of rotatable bonds is 5. The summed E-state index contributed by atoms with van der Waals surface area (Å²) < 4.78 is 6.30. The van der Waals surface area contributed by atoms with Gasteiger partial charge in [-0.3, -0.25) is 9.59 Å². The summed E-state index contributed by atoms with van der Waals surface area (Å²) >= 11 is 0. The molecular weight excluding hydrogens is 512 g/mol. The molecule has 2 fully saturated rings. The number of carbonyl (C=O) groups is 3. The van der Waals surface area contributed by atoms with E-state index in [0.29, 0.717) is 5.69 Å². The molecule has 7 rings (SSSR count). The van der Waals surface area contributed by atoms with E-state index in [2.05, 4.69) is 0 Å². The Labute approximate surface area is 238 Å². The molecule has 202 valence electrons. The predicted molar refractivity (Wildman–Crippen MR) is 155 cm³/mol. The average Bonchev–Trinajstić information content (AvgIpc) is 3.49. The van der Waals surface area contributed by atoms with Crippen LogP contribution in [-0.2, 0) is 19.1 Å². The molecule has 0 radical (unpaired) electrons. The van der Waals surface area contributed by atoms with Crippen molar-refractivity contribution in [3.8, 4) is 0 Å². The number of anilines is 1. The lowest BCUT2D eigenvalue weighted by Crippen LogP contribution is -2.45. The molecule has 41 heavy (non-hydrogen) atoms. The number of amides is 2. The molecule has 4 aromatic carbocycles. The van der Waals surface area contributed by atoms with Gasteiger partial charge in [0.25, 0.3) is 0 Å². The molecule has 6 nitrogen and oxygen atoms in total. The first-order valence-electron chi connectivity index (χ1n) is 13.8. The first-order valence-corrected chi connectivity index (χ1v) is 13.8. The molecule has 0 bridgehead atoms. The Morgan fingerprint density at radius 2 is 1.32 bits per heavy atom. The third kappa shape index (κ3) is 4.06. The quantitative estimate of drug-likeness (QED) is 0.235. The van der Waals surface area contributed by atoms with E-state index in [9.17, 15) is 14.4 Å². The molecule has 0 aromatic heterocycles. The third-order valence-electron chi connectivity index (χ3n) is 8.43. The number of ether oxygens (including phenoxy) is 1. The van der Waals surface area contributed by atoms with E-state index in [1.54, 1.807) is 12.1 Å². The zero-order valence-electron chi connectivity index (χ0n) is 22.5. The first-order chi connectivity index (χ1) is 20.0. The zero-order chi connectivity index (χ0) is 28.1. The molecule has 0 spiro atoms. The number of benzene rings is 4. The van der Waals surface area contributed by atoms with Crippen LogP contribution in [0.5, 0.6) is 0 Å². The molecule has 1 unspecified atom stereocenters. The van der Waals surface area contributed by atoms with Crippen LogP contribution in [0.3, 0.4) is 0 Å². The summed E-state index contributed by atoms with van der Waals surface area (Å²) in [6.07, 6.45) is 3.11. The van der Waals surface area contributed by atoms with Crippen LogP contribution in [0, 0.1) is 18.8 Å². The number of carbonyl (C=O) groups excluding carboxylic acids is 3. The van der Waals surface area contributed by atoms with Gasteiger partial charge in [-0.1, -0.05) is 103 Å². The van der Waals surface area contributed by atoms with Gasteiger partial charge in [-0.15, -0.1) is 0 Å². The fraction of sp³-hybridized carbons (Fsp3) is 0.171. The van der Waals surface area contributed by atoms with Gasteiger partial charge in [0.15, 0.2) is 6.10 Å². The van der Waals surface area contributed by atoms with Crippen molar-refractivity contribution in [1.82, 2.24) is 4.90 Å². The smallest absolute Gasteiger partial charge is 0.330 e. The molecule has 4 atom stereocenters. The minimum atomic E-state index is -0.962. The van der Waals surface area contributed by atoms with Crippen LogP contribution in [0.4, 0.5) is 5.69 Å². The van der Waals surface area contributed by atoms with E-state index >= 15 is 0 Å². The van der Waals surface area contributed by atoms with E-state index in [1.807, 2.05) is 121 Å². The highest BCUT2D eigenvalue weighted by Gasteiger charge is 2.65. The van der Waals surface area contributed by atoms with Crippen molar-refractivity contribution in [3.05, 3.63) is 143 Å². The van der Waals surface area contributed by atoms with E-state index in [-0.39, 0.29) is 11.8 Å². The molecular formula is C35H28N2O4. The minimum absolute atomic E-state index is 0.290. The fourth-order valence-electron chi connectivity index (χ4n) is 6.55. The SMILES string of the molecule is Cc1ccc(N2C(=O)[C@@H]3[C@H](C2=O)C2c4ccccc4C=CN2[C@@H]3C(=O)OC(c2ccccc2)c2ccccc2)cc1. The largest absolute Gasteiger partial charge is 0.451 e. The number of esters is 1. The summed E-state index contributed by atoms with van der Waals surface area (Å²) in [5.41, 5.74) is 5.10. The van der Waals surface area contributed by atoms with Crippen LogP contribution in [0.15, 0.2) is 115 Å². The Bertz CT molecular complexity index is 1630. The summed E-state index contributed by atoms with van der Waals surface area (Å²) in [7, 11) is 0. The van der Waals surface area contributed by atoms with Crippen LogP contribution in [0.25, 0.3) is 6.08 Å². The Balaban J connectivity index is 1.31. The highest BCUT2D eigenvalue weighted by atomic mass is 16.5. The molecule has 3 aliphatic rings. The summed E-state index contributed by atoms with van der Waals surface area (Å²) in [5, 5.41) is 0. The van der Waals surface area contributed by atoms with Crippen molar-refractivity contribution < 1.29 is 19.1 Å². The van der Waals surface area contributed by atoms with Gasteiger partial charge >= 0.3 is 5.97 Å². The Hall–Kier alpha value is -4.97. The van der Waals surface area contributed by atoms with Crippen molar-refractivity contribution in [3.63, 3.8) is 0 Å². The summed E-state index contributed by atoms with van der Waals surface area (Å²) in [6.45, 7) is 1.96. The number of aryl methyl sites for hydroxylation is 1. The maximum absolute atomic E-state index is 14.3. The van der Waals surface area contributed by atoms with Crippen molar-refractivity contribution in [1.29, 1.82) is 0 Å². The molecule has 2 saturated heterocycles. The van der Waals surface area contributed by atoms with E-state index < -0.39 is 36.0 Å². The monoisotopic (exact) mass is 540 g/mol. The Morgan fingerprint density at radius 1 is 0.732 bits per heavy atom. The molecule has 3 heterocycles. The maximum Gasteiger partial charge on any atom is 0.330 e. The minimum Gasteiger partial charge on any atom is -0.451 e. The van der Waals surface area contributed by atoms with Crippen molar-refractivity contribution in [2.45, 2.75) is 25.1 Å². The number of imide groups is 1. The van der Waals surface area contributed by atoms with Gasteiger partial charge in [-0.05, 0) is 47.4 Å². The predicted octanol–water partition coefficient (Wildman–Crippen LogP) is 5.84. The number of hydrogen-bond acceptors (Lipinski definition) is 5. The lowest BCUT2D eigenvalue weighted by Gasteiger charge is -2.35. The zero-order valence-corrected chi connectivity index (χ0v) is 22.5. The van der Waals surface area contributed by atoms with E-state index in [4.69, 9.17) is 4.74 Å². The second-order valence-corrected chi connectivity index (χ2v) is 10.8. The molecule has 6 heteroatoms. The summed E-state index contributed by atoms with van der Waals surface area (Å²) in [4.78, 5) is 45.6. The second kappa shape index (κ2) is 9.89. The first kappa shape index (κ1) is 25.0.